The summed E-state index contributed by atoms with van der Waals surface area (Å²) in [5.74, 6) is 0.289. The number of rotatable bonds is 5. The fourth-order valence-electron chi connectivity index (χ4n) is 3.53. The van der Waals surface area contributed by atoms with Crippen molar-refractivity contribution in [1.29, 1.82) is 0 Å². The van der Waals surface area contributed by atoms with Crippen molar-refractivity contribution in [2.24, 2.45) is 10.3 Å². The molecule has 1 saturated heterocycles. The lowest BCUT2D eigenvalue weighted by Gasteiger charge is -2.19. The van der Waals surface area contributed by atoms with Gasteiger partial charge in [-0.3, -0.25) is 14.6 Å². The van der Waals surface area contributed by atoms with E-state index in [-0.39, 0.29) is 12.4 Å². The monoisotopic (exact) mass is 438 g/mol. The van der Waals surface area contributed by atoms with E-state index in [0.717, 1.165) is 10.5 Å². The third-order valence-electron chi connectivity index (χ3n) is 5.04. The molecule has 5 rings (SSSR count). The first kappa shape index (κ1) is 19.2. The summed E-state index contributed by atoms with van der Waals surface area (Å²) in [6.45, 7) is 0.0379. The zero-order valence-electron chi connectivity index (χ0n) is 16.2. The fraction of sp³-hybridized carbons (Fsp3) is 0.200. The van der Waals surface area contributed by atoms with Crippen LogP contribution in [0.1, 0.15) is 5.89 Å². The number of amides is 2. The Bertz CT molecular complexity index is 1190. The summed E-state index contributed by atoms with van der Waals surface area (Å²) in [4.78, 5) is 31.4. The number of carbonyl (C=O) groups excluding carboxylic acids is 2. The molecule has 0 spiro atoms. The minimum Gasteiger partial charge on any atom is -0.497 e. The molecule has 1 fully saturated rings. The molecule has 2 amide bonds. The molecule has 11 heteroatoms. The van der Waals surface area contributed by atoms with E-state index in [2.05, 4.69) is 20.5 Å². The third-order valence-corrected chi connectivity index (χ3v) is 5.29. The fourth-order valence-corrected chi connectivity index (χ4v) is 3.66. The van der Waals surface area contributed by atoms with Gasteiger partial charge in [0.2, 0.25) is 11.7 Å². The van der Waals surface area contributed by atoms with E-state index < -0.39 is 23.9 Å². The molecular formula is C20H15ClN6O4. The van der Waals surface area contributed by atoms with Gasteiger partial charge in [-0.1, -0.05) is 28.0 Å². The van der Waals surface area contributed by atoms with Gasteiger partial charge in [-0.15, -0.1) is 0 Å². The number of aromatic nitrogens is 2. The highest BCUT2D eigenvalue weighted by atomic mass is 35.5. The molecule has 2 aliphatic rings. The average molecular weight is 439 g/mol. The van der Waals surface area contributed by atoms with E-state index in [0.29, 0.717) is 22.3 Å². The van der Waals surface area contributed by atoms with Gasteiger partial charge in [0.15, 0.2) is 12.1 Å². The maximum Gasteiger partial charge on any atom is 0.263 e. The largest absolute Gasteiger partial charge is 0.497 e. The summed E-state index contributed by atoms with van der Waals surface area (Å²) in [6, 6.07) is 11.9. The van der Waals surface area contributed by atoms with E-state index in [1.165, 1.54) is 12.1 Å². The van der Waals surface area contributed by atoms with Crippen LogP contribution in [0.4, 0.5) is 5.69 Å². The van der Waals surface area contributed by atoms with Crippen molar-refractivity contribution < 1.29 is 18.8 Å². The lowest BCUT2D eigenvalue weighted by atomic mass is 10.1. The summed E-state index contributed by atoms with van der Waals surface area (Å²) >= 11 is 5.90. The molecule has 3 heterocycles. The Labute approximate surface area is 181 Å². The Hall–Kier alpha value is -3.79. The van der Waals surface area contributed by atoms with Crippen molar-refractivity contribution in [2.45, 2.75) is 18.6 Å². The molecule has 0 aliphatic carbocycles. The minimum absolute atomic E-state index is 0.0379. The van der Waals surface area contributed by atoms with Gasteiger partial charge in [0, 0.05) is 16.7 Å². The van der Waals surface area contributed by atoms with Gasteiger partial charge in [-0.05, 0) is 36.4 Å². The van der Waals surface area contributed by atoms with E-state index in [1.807, 2.05) is 0 Å². The standard InChI is InChI=1S/C20H15ClN6O4/c1-30-14-4-2-3-13(9-14)27-19(28)16-17(20(27)29)26(25-23-16)10-15-22-18(24-31-15)11-5-7-12(21)8-6-11/h2-9,16-17H,10H2,1H3. The quantitative estimate of drug-likeness (QED) is 0.562. The van der Waals surface area contributed by atoms with Crippen LogP contribution < -0.4 is 9.64 Å². The van der Waals surface area contributed by atoms with Crippen molar-refractivity contribution in [2.75, 3.05) is 12.0 Å². The number of halogens is 1. The molecule has 2 aliphatic heterocycles. The predicted octanol–water partition coefficient (Wildman–Crippen LogP) is 2.89. The van der Waals surface area contributed by atoms with Gasteiger partial charge >= 0.3 is 0 Å². The molecule has 0 N–H and O–H groups in total. The van der Waals surface area contributed by atoms with Crippen molar-refractivity contribution in [1.82, 2.24) is 15.1 Å². The van der Waals surface area contributed by atoms with E-state index in [4.69, 9.17) is 20.9 Å². The van der Waals surface area contributed by atoms with Gasteiger partial charge in [0.25, 0.3) is 11.8 Å². The first-order valence-corrected chi connectivity index (χ1v) is 9.71. The smallest absolute Gasteiger partial charge is 0.263 e. The third kappa shape index (κ3) is 3.30. The second kappa shape index (κ2) is 7.47. The molecule has 0 bridgehead atoms. The average Bonchev–Trinajstić information content (AvgIpc) is 3.47. The van der Waals surface area contributed by atoms with E-state index >= 15 is 0 Å². The van der Waals surface area contributed by atoms with Crippen LogP contribution in [-0.4, -0.2) is 46.2 Å². The zero-order valence-corrected chi connectivity index (χ0v) is 16.9. The number of fused-ring (bicyclic) bond motifs is 1. The Morgan fingerprint density at radius 3 is 2.71 bits per heavy atom. The number of hydrogen-bond acceptors (Lipinski definition) is 9. The van der Waals surface area contributed by atoms with E-state index in [9.17, 15) is 9.59 Å². The van der Waals surface area contributed by atoms with Crippen LogP contribution in [0.15, 0.2) is 63.4 Å². The van der Waals surface area contributed by atoms with E-state index in [1.54, 1.807) is 48.5 Å². The number of benzene rings is 2. The van der Waals surface area contributed by atoms with Crippen LogP contribution in [0.2, 0.25) is 5.02 Å². The summed E-state index contributed by atoms with van der Waals surface area (Å²) < 4.78 is 10.5. The maximum atomic E-state index is 13.1. The molecule has 2 atom stereocenters. The summed E-state index contributed by atoms with van der Waals surface area (Å²) in [6.07, 6.45) is 0. The predicted molar refractivity (Wildman–Crippen MR) is 108 cm³/mol. The molecular weight excluding hydrogens is 424 g/mol. The maximum absolute atomic E-state index is 13.1. The molecule has 31 heavy (non-hydrogen) atoms. The van der Waals surface area contributed by atoms with Crippen LogP contribution in [0.3, 0.4) is 0 Å². The number of nitrogens with zero attached hydrogens (tertiary/aromatic N) is 6. The highest BCUT2D eigenvalue weighted by molar-refractivity contribution is 6.30. The number of hydrogen-bond donors (Lipinski definition) is 0. The SMILES string of the molecule is COc1cccc(N2C(=O)C3N=NN(Cc4nc(-c5ccc(Cl)cc5)no4)C3C2=O)c1. The lowest BCUT2D eigenvalue weighted by molar-refractivity contribution is -0.123. The lowest BCUT2D eigenvalue weighted by Crippen LogP contribution is -2.39. The second-order valence-electron chi connectivity index (χ2n) is 6.92. The molecule has 2 unspecified atom stereocenters. The van der Waals surface area contributed by atoms with Gasteiger partial charge in [-0.25, -0.2) is 4.90 Å². The Kier molecular flexibility index (Phi) is 4.63. The van der Waals surface area contributed by atoms with Crippen molar-refractivity contribution in [3.8, 4) is 17.1 Å². The minimum atomic E-state index is -0.919. The molecule has 3 aromatic rings. The normalized spacial score (nSPS) is 19.9. The number of ether oxygens (including phenoxy) is 1. The number of methoxy groups -OCH3 is 1. The van der Waals surface area contributed by atoms with Crippen molar-refractivity contribution in [3.05, 3.63) is 59.4 Å². The molecule has 156 valence electrons. The van der Waals surface area contributed by atoms with Crippen LogP contribution in [0.5, 0.6) is 5.75 Å². The van der Waals surface area contributed by atoms with Crippen LogP contribution >= 0.6 is 11.6 Å². The van der Waals surface area contributed by atoms with Gasteiger partial charge < -0.3 is 9.26 Å². The molecule has 1 aromatic heterocycles. The summed E-state index contributed by atoms with van der Waals surface area (Å²) in [7, 11) is 1.51. The Morgan fingerprint density at radius 1 is 1.13 bits per heavy atom. The van der Waals surface area contributed by atoms with Crippen molar-refractivity contribution >= 4 is 29.1 Å². The first-order valence-electron chi connectivity index (χ1n) is 9.33. The molecule has 2 aromatic carbocycles. The zero-order chi connectivity index (χ0) is 21.5. The first-order chi connectivity index (χ1) is 15.0. The van der Waals surface area contributed by atoms with Gasteiger partial charge in [-0.2, -0.15) is 10.1 Å². The Balaban J connectivity index is 1.36. The van der Waals surface area contributed by atoms with Gasteiger partial charge in [0.1, 0.15) is 12.3 Å². The molecule has 0 radical (unpaired) electrons. The molecule has 10 nitrogen and oxygen atoms in total. The van der Waals surface area contributed by atoms with Crippen LogP contribution in [-0.2, 0) is 16.1 Å². The van der Waals surface area contributed by atoms with Gasteiger partial charge in [0.05, 0.1) is 12.8 Å². The van der Waals surface area contributed by atoms with Crippen LogP contribution in [0.25, 0.3) is 11.4 Å². The molecule has 0 saturated carbocycles. The van der Waals surface area contributed by atoms with Crippen LogP contribution in [0, 0.1) is 0 Å². The number of imide groups is 1. The summed E-state index contributed by atoms with van der Waals surface area (Å²) in [5, 5.41) is 13.9. The summed E-state index contributed by atoms with van der Waals surface area (Å²) in [5.41, 5.74) is 1.15. The Morgan fingerprint density at radius 2 is 1.94 bits per heavy atom. The topological polar surface area (TPSA) is 113 Å². The number of anilines is 1. The second-order valence-corrected chi connectivity index (χ2v) is 7.36. The number of carbonyl (C=O) groups is 2. The highest BCUT2D eigenvalue weighted by Gasteiger charge is 2.55. The van der Waals surface area contributed by atoms with Crippen molar-refractivity contribution in [3.63, 3.8) is 0 Å². The highest BCUT2D eigenvalue weighted by Crippen LogP contribution is 2.34.